The topological polar surface area (TPSA) is 194 Å². The molecule has 5 amide bonds. The maximum Gasteiger partial charge on any atom is 0.324 e. The van der Waals surface area contributed by atoms with Crippen LogP contribution >= 0.6 is 0 Å². The van der Waals surface area contributed by atoms with Gasteiger partial charge in [-0.3, -0.25) is 29.2 Å². The Morgan fingerprint density at radius 3 is 2.57 bits per heavy atom. The lowest BCUT2D eigenvalue weighted by Crippen LogP contribution is -2.62. The van der Waals surface area contributed by atoms with Gasteiger partial charge < -0.3 is 43.2 Å². The quantitative estimate of drug-likeness (QED) is 0.146. The van der Waals surface area contributed by atoms with Gasteiger partial charge in [0.05, 0.1) is 41.9 Å². The van der Waals surface area contributed by atoms with Crippen molar-refractivity contribution in [2.75, 3.05) is 46.9 Å². The maximum absolute atomic E-state index is 14.7. The van der Waals surface area contributed by atoms with Crippen molar-refractivity contribution in [2.45, 2.75) is 130 Å². The number of likely N-dealkylation sites (tertiary alicyclic amines) is 1. The van der Waals surface area contributed by atoms with Gasteiger partial charge >= 0.3 is 12.0 Å². The highest BCUT2D eigenvalue weighted by Gasteiger charge is 2.48. The number of carbonyl (C=O) groups is 5. The number of cyclic esters (lactones) is 1. The van der Waals surface area contributed by atoms with Crippen molar-refractivity contribution in [3.63, 3.8) is 0 Å². The van der Waals surface area contributed by atoms with Gasteiger partial charge in [-0.05, 0) is 101 Å². The van der Waals surface area contributed by atoms with Gasteiger partial charge in [-0.2, -0.15) is 0 Å². The van der Waals surface area contributed by atoms with Crippen LogP contribution in [0.25, 0.3) is 33.6 Å². The van der Waals surface area contributed by atoms with Crippen molar-refractivity contribution in [3.05, 3.63) is 72.4 Å². The Morgan fingerprint density at radius 1 is 1.11 bits per heavy atom. The van der Waals surface area contributed by atoms with E-state index in [4.69, 9.17) is 28.6 Å². The summed E-state index contributed by atoms with van der Waals surface area (Å²) in [5.74, 6) is -1.66. The third kappa shape index (κ3) is 9.95. The highest BCUT2D eigenvalue weighted by molar-refractivity contribution is 5.95. The first-order valence-corrected chi connectivity index (χ1v) is 24.6. The predicted molar refractivity (Wildman–Crippen MR) is 261 cm³/mol. The number of benzene rings is 1. The number of urea groups is 1. The fourth-order valence-electron chi connectivity index (χ4n) is 10.8. The van der Waals surface area contributed by atoms with Crippen molar-refractivity contribution >= 4 is 40.6 Å². The molecule has 3 fully saturated rings. The normalized spacial score (nSPS) is 22.4. The smallest absolute Gasteiger partial charge is 0.324 e. The van der Waals surface area contributed by atoms with E-state index in [0.717, 1.165) is 39.0 Å². The summed E-state index contributed by atoms with van der Waals surface area (Å²) in [5.41, 5.74) is 7.97. The molecule has 4 aliphatic heterocycles. The summed E-state index contributed by atoms with van der Waals surface area (Å²) in [5, 5.41) is 5.37. The van der Waals surface area contributed by atoms with Gasteiger partial charge in [0.2, 0.25) is 17.7 Å². The molecular weight excluding hydrogens is 895 g/mol. The Labute approximate surface area is 410 Å². The summed E-state index contributed by atoms with van der Waals surface area (Å²) < 4.78 is 26.7. The SMILES string of the molecule is C=CC(=O)N1CC2(CCN(C(=O)N(C)[C@H](C(=O)N[C@H]3Cc4coc(n4)-c4ccc5c(c4)c(c(-c4cccnc4[C@H](C)OC)n5CC)CC(C)(C)COC(=O)[C@@H]4CCCN(N4)C3=O)C(C)C)CC2)O[C@@H]1C. The van der Waals surface area contributed by atoms with Crippen LogP contribution in [0.4, 0.5) is 4.79 Å². The molecule has 0 aliphatic carbocycles. The number of fused-ring (bicyclic) bond motifs is 6. The van der Waals surface area contributed by atoms with Gasteiger partial charge in [0.25, 0.3) is 5.91 Å². The van der Waals surface area contributed by atoms with Crippen molar-refractivity contribution in [1.29, 1.82) is 0 Å². The van der Waals surface area contributed by atoms with E-state index in [0.29, 0.717) is 69.9 Å². The summed E-state index contributed by atoms with van der Waals surface area (Å²) >= 11 is 0. The second-order valence-corrected chi connectivity index (χ2v) is 20.4. The minimum atomic E-state index is -1.16. The van der Waals surface area contributed by atoms with E-state index in [2.05, 4.69) is 60.9 Å². The standard InChI is InChI=1S/C52H69N9O9/c1-11-42(62)60-29-52(70-33(60)6)19-23-58(24-20-52)50(66)57(9)44(31(3)4)46(63)55-40-26-35-28-68-47(54-35)34-17-18-41-37(25-34)38(45(59(41)12-2)36-15-13-21-53-43(36)32(5)67-10)27-51(7,8)30-69-49(65)39-16-14-22-61(56-39)48(40)64/h11,13,15,17-18,21,25,28,31-33,39-40,44,56H,1,12,14,16,19-20,22-24,26-27,29-30H2,2-10H3,(H,55,63)/t32-,33+,39-,40-,44-/m0/s1. The summed E-state index contributed by atoms with van der Waals surface area (Å²) in [6.45, 7) is 19.6. The largest absolute Gasteiger partial charge is 0.464 e. The molecule has 2 N–H and O–H groups in total. The highest BCUT2D eigenvalue weighted by Crippen LogP contribution is 2.42. The van der Waals surface area contributed by atoms with Gasteiger partial charge in [-0.25, -0.2) is 15.2 Å². The van der Waals surface area contributed by atoms with Crippen LogP contribution < -0.4 is 10.7 Å². The number of rotatable bonds is 9. The van der Waals surface area contributed by atoms with E-state index < -0.39 is 53.2 Å². The third-order valence-corrected chi connectivity index (χ3v) is 14.5. The van der Waals surface area contributed by atoms with Gasteiger partial charge in [0.15, 0.2) is 0 Å². The van der Waals surface area contributed by atoms with Crippen LogP contribution in [0.3, 0.4) is 0 Å². The molecule has 3 aromatic heterocycles. The molecule has 0 radical (unpaired) electrons. The molecule has 376 valence electrons. The van der Waals surface area contributed by atoms with Crippen LogP contribution in [0.5, 0.6) is 0 Å². The Hall–Kier alpha value is -6.11. The zero-order valence-corrected chi connectivity index (χ0v) is 42.1. The number of hydrogen-bond acceptors (Lipinski definition) is 12. The number of carbonyl (C=O) groups excluding carboxylic acids is 5. The third-order valence-electron chi connectivity index (χ3n) is 14.5. The lowest BCUT2D eigenvalue weighted by molar-refractivity contribution is -0.155. The molecule has 0 saturated carbocycles. The average Bonchev–Trinajstić information content (AvgIpc) is 4.04. The van der Waals surface area contributed by atoms with E-state index in [-0.39, 0.29) is 43.5 Å². The number of oxazole rings is 1. The fourth-order valence-corrected chi connectivity index (χ4v) is 10.8. The molecule has 6 bridgehead atoms. The maximum atomic E-state index is 14.7. The van der Waals surface area contributed by atoms with Crippen LogP contribution in [0.15, 0.2) is 59.9 Å². The zero-order chi connectivity index (χ0) is 50.2. The summed E-state index contributed by atoms with van der Waals surface area (Å²) in [4.78, 5) is 84.4. The molecule has 8 rings (SSSR count). The molecule has 4 aliphatic rings. The Morgan fingerprint density at radius 2 is 1.87 bits per heavy atom. The van der Waals surface area contributed by atoms with Crippen LogP contribution in [-0.2, 0) is 52.8 Å². The first kappa shape index (κ1) is 50.3. The van der Waals surface area contributed by atoms with Crippen molar-refractivity contribution in [3.8, 4) is 22.7 Å². The van der Waals surface area contributed by atoms with E-state index in [9.17, 15) is 24.0 Å². The molecule has 18 nitrogen and oxygen atoms in total. The number of hydrogen-bond donors (Lipinski definition) is 2. The molecule has 3 saturated heterocycles. The lowest BCUT2D eigenvalue weighted by atomic mass is 9.84. The highest BCUT2D eigenvalue weighted by atomic mass is 16.5. The number of piperidine rings is 1. The predicted octanol–water partition coefficient (Wildman–Crippen LogP) is 6.04. The van der Waals surface area contributed by atoms with Crippen molar-refractivity contribution < 1.29 is 42.6 Å². The monoisotopic (exact) mass is 964 g/mol. The molecule has 70 heavy (non-hydrogen) atoms. The number of methoxy groups -OCH3 is 1. The molecule has 0 unspecified atom stereocenters. The summed E-state index contributed by atoms with van der Waals surface area (Å²) in [6.07, 6.45) is 6.37. The van der Waals surface area contributed by atoms with Gasteiger partial charge in [-0.1, -0.05) is 34.3 Å². The molecule has 1 spiro atoms. The average molecular weight is 964 g/mol. The Balaban J connectivity index is 1.10. The molecule has 1 aromatic carbocycles. The molecule has 7 heterocycles. The number of amides is 5. The summed E-state index contributed by atoms with van der Waals surface area (Å²) in [6, 6.07) is 6.85. The van der Waals surface area contributed by atoms with E-state index in [1.54, 1.807) is 30.2 Å². The number of pyridine rings is 1. The van der Waals surface area contributed by atoms with Crippen LogP contribution in [-0.4, -0.2) is 141 Å². The number of ether oxygens (including phenoxy) is 3. The van der Waals surface area contributed by atoms with Crippen LogP contribution in [0, 0.1) is 11.3 Å². The van der Waals surface area contributed by atoms with E-state index >= 15 is 0 Å². The van der Waals surface area contributed by atoms with E-state index in [1.807, 2.05) is 39.8 Å². The molecule has 4 aromatic rings. The Kier molecular flexibility index (Phi) is 14.6. The first-order chi connectivity index (χ1) is 33.4. The molecule has 18 heteroatoms. The Bertz CT molecular complexity index is 2630. The second kappa shape index (κ2) is 20.3. The van der Waals surface area contributed by atoms with Gasteiger partial charge in [0.1, 0.15) is 30.6 Å². The number of aryl methyl sites for hydroxylation is 1. The molecule has 5 atom stereocenters. The lowest BCUT2D eigenvalue weighted by Gasteiger charge is -2.41. The number of nitrogens with zero attached hydrogens (tertiary/aromatic N) is 7. The van der Waals surface area contributed by atoms with E-state index in [1.165, 1.54) is 22.2 Å². The summed E-state index contributed by atoms with van der Waals surface area (Å²) in [7, 11) is 3.27. The number of aromatic nitrogens is 3. The minimum Gasteiger partial charge on any atom is -0.464 e. The van der Waals surface area contributed by atoms with Gasteiger partial charge in [-0.15, -0.1) is 0 Å². The second-order valence-electron chi connectivity index (χ2n) is 20.4. The first-order valence-electron chi connectivity index (χ1n) is 24.6. The minimum absolute atomic E-state index is 0.0403. The van der Waals surface area contributed by atoms with Crippen molar-refractivity contribution in [2.24, 2.45) is 11.3 Å². The number of nitrogens with one attached hydrogen (secondary N) is 2. The van der Waals surface area contributed by atoms with Gasteiger partial charge in [0, 0.05) is 80.4 Å². The number of likely N-dealkylation sites (N-methyl/N-ethyl adjacent to an activating group) is 1. The fraction of sp³-hybridized carbons (Fsp3) is 0.558. The van der Waals surface area contributed by atoms with Crippen LogP contribution in [0.2, 0.25) is 0 Å². The number of hydrazine groups is 1. The van der Waals surface area contributed by atoms with Crippen LogP contribution in [0.1, 0.15) is 97.2 Å². The zero-order valence-electron chi connectivity index (χ0n) is 42.1. The molecular formula is C52H69N9O9. The number of esters is 1. The van der Waals surface area contributed by atoms with Crippen molar-refractivity contribution in [1.82, 2.24) is 45.0 Å².